The average Bonchev–Trinajstić information content (AvgIpc) is 3.15. The third kappa shape index (κ3) is 4.25. The maximum atomic E-state index is 13.1. The van der Waals surface area contributed by atoms with Gasteiger partial charge < -0.3 is 15.6 Å². The minimum Gasteiger partial charge on any atom is -0.398 e. The lowest BCUT2D eigenvalue weighted by Crippen LogP contribution is -2.35. The second-order valence-electron chi connectivity index (χ2n) is 9.00. The highest BCUT2D eigenvalue weighted by atomic mass is 32.2. The minimum absolute atomic E-state index is 0.159. The summed E-state index contributed by atoms with van der Waals surface area (Å²) in [4.78, 5) is 13.4. The van der Waals surface area contributed by atoms with E-state index in [1.165, 1.54) is 0 Å². The molecule has 0 spiro atoms. The van der Waals surface area contributed by atoms with Crippen LogP contribution >= 0.6 is 0 Å². The van der Waals surface area contributed by atoms with E-state index in [2.05, 4.69) is 5.32 Å². The van der Waals surface area contributed by atoms with Crippen LogP contribution in [0.15, 0.2) is 41.4 Å². The molecule has 3 N–H and O–H groups in total. The molecule has 4 rings (SSSR count). The van der Waals surface area contributed by atoms with Crippen LogP contribution in [0.2, 0.25) is 0 Å². The summed E-state index contributed by atoms with van der Waals surface area (Å²) in [6.07, 6.45) is 4.78. The predicted octanol–water partition coefficient (Wildman–Crippen LogP) is 4.52. The van der Waals surface area contributed by atoms with E-state index in [-0.39, 0.29) is 5.91 Å². The molecule has 0 aliphatic carbocycles. The van der Waals surface area contributed by atoms with E-state index in [1.54, 1.807) is 22.5 Å². The van der Waals surface area contributed by atoms with Gasteiger partial charge in [0.15, 0.2) is 0 Å². The van der Waals surface area contributed by atoms with Gasteiger partial charge in [0.05, 0.1) is 4.90 Å². The first-order valence-electron chi connectivity index (χ1n) is 11.4. The summed E-state index contributed by atoms with van der Waals surface area (Å²) in [7, 11) is -3.52. The van der Waals surface area contributed by atoms with Crippen molar-refractivity contribution in [2.75, 3.05) is 24.1 Å². The van der Waals surface area contributed by atoms with Crippen molar-refractivity contribution in [3.8, 4) is 0 Å². The molecular formula is C25H32N4O3S. The molecule has 1 aromatic heterocycles. The first kappa shape index (κ1) is 23.3. The van der Waals surface area contributed by atoms with E-state index in [0.29, 0.717) is 23.7 Å². The molecule has 1 amide bonds. The van der Waals surface area contributed by atoms with Crippen molar-refractivity contribution in [3.63, 3.8) is 0 Å². The molecule has 8 heteroatoms. The zero-order valence-electron chi connectivity index (χ0n) is 19.7. The number of piperidine rings is 1. The van der Waals surface area contributed by atoms with Crippen molar-refractivity contribution in [2.24, 2.45) is 0 Å². The number of nitrogens with two attached hydrogens (primary N) is 1. The van der Waals surface area contributed by atoms with Gasteiger partial charge in [-0.25, -0.2) is 8.42 Å². The number of fused-ring (bicyclic) bond motifs is 1. The van der Waals surface area contributed by atoms with Gasteiger partial charge in [-0.2, -0.15) is 4.31 Å². The normalized spacial score (nSPS) is 16.1. The van der Waals surface area contributed by atoms with Crippen LogP contribution in [0.3, 0.4) is 0 Å². The Hall–Kier alpha value is -2.84. The number of nitrogen functional groups attached to an aromatic ring is 1. The maximum absolute atomic E-state index is 13.1. The summed E-state index contributed by atoms with van der Waals surface area (Å²) in [6, 6.07) is 8.43. The summed E-state index contributed by atoms with van der Waals surface area (Å²) in [5.41, 5.74) is 10.9. The molecule has 2 heterocycles. The topological polar surface area (TPSA) is 97.4 Å². The Morgan fingerprint density at radius 3 is 2.42 bits per heavy atom. The lowest BCUT2D eigenvalue weighted by molar-refractivity contribution is -0.118. The Labute approximate surface area is 195 Å². The fraction of sp³-hybridized carbons (Fsp3) is 0.400. The third-order valence-corrected chi connectivity index (χ3v) is 8.61. The molecule has 2 aromatic carbocycles. The third-order valence-electron chi connectivity index (χ3n) is 6.72. The molecule has 3 aromatic rings. The van der Waals surface area contributed by atoms with Gasteiger partial charge in [0.2, 0.25) is 15.9 Å². The number of carbonyl (C=O) groups excluding carboxylic acids is 1. The first-order valence-corrected chi connectivity index (χ1v) is 12.8. The average molecular weight is 469 g/mol. The molecule has 1 unspecified atom stereocenters. The number of benzene rings is 2. The Bertz CT molecular complexity index is 1320. The molecule has 1 aliphatic heterocycles. The van der Waals surface area contributed by atoms with Gasteiger partial charge in [-0.1, -0.05) is 12.5 Å². The largest absolute Gasteiger partial charge is 0.398 e. The fourth-order valence-corrected chi connectivity index (χ4v) is 6.09. The van der Waals surface area contributed by atoms with Gasteiger partial charge in [0, 0.05) is 41.6 Å². The number of rotatable bonds is 5. The van der Waals surface area contributed by atoms with Crippen molar-refractivity contribution in [3.05, 3.63) is 53.2 Å². The van der Waals surface area contributed by atoms with Crippen LogP contribution in [-0.2, 0) is 14.8 Å². The summed E-state index contributed by atoms with van der Waals surface area (Å²) >= 11 is 0. The Kier molecular flexibility index (Phi) is 6.24. The van der Waals surface area contributed by atoms with Crippen LogP contribution in [-0.4, -0.2) is 36.3 Å². The lowest BCUT2D eigenvalue weighted by Gasteiger charge is -2.26. The Morgan fingerprint density at radius 1 is 1.03 bits per heavy atom. The molecule has 1 fully saturated rings. The van der Waals surface area contributed by atoms with E-state index < -0.39 is 16.1 Å². The number of hydrogen-bond acceptors (Lipinski definition) is 4. The quantitative estimate of drug-likeness (QED) is 0.538. The monoisotopic (exact) mass is 468 g/mol. The highest BCUT2D eigenvalue weighted by Gasteiger charge is 2.27. The highest BCUT2D eigenvalue weighted by molar-refractivity contribution is 7.89. The predicted molar refractivity (Wildman–Crippen MR) is 133 cm³/mol. The number of aryl methyl sites for hydroxylation is 2. The van der Waals surface area contributed by atoms with Gasteiger partial charge in [-0.05, 0) is 81.5 Å². The molecule has 1 saturated heterocycles. The Balaban J connectivity index is 1.65. The second kappa shape index (κ2) is 8.83. The van der Waals surface area contributed by atoms with Gasteiger partial charge in [0.25, 0.3) is 0 Å². The van der Waals surface area contributed by atoms with E-state index in [0.717, 1.165) is 52.5 Å². The molecule has 176 valence electrons. The molecule has 0 saturated carbocycles. The van der Waals surface area contributed by atoms with Crippen molar-refractivity contribution in [2.45, 2.75) is 57.9 Å². The smallest absolute Gasteiger partial charge is 0.247 e. The number of nitrogens with zero attached hydrogens (tertiary/aromatic N) is 2. The van der Waals surface area contributed by atoms with Crippen molar-refractivity contribution < 1.29 is 13.2 Å². The summed E-state index contributed by atoms with van der Waals surface area (Å²) < 4.78 is 29.7. The van der Waals surface area contributed by atoms with Crippen LogP contribution in [0, 0.1) is 20.8 Å². The SMILES string of the molecule is Cc1ccc(N)c(C)c1NC(=O)C(C)n1cc(C)c2cc(S(=O)(=O)N3CCCCC3)ccc21. The molecular weight excluding hydrogens is 436 g/mol. The summed E-state index contributed by atoms with van der Waals surface area (Å²) in [5.74, 6) is -0.159. The van der Waals surface area contributed by atoms with Crippen LogP contribution < -0.4 is 11.1 Å². The molecule has 1 atom stereocenters. The van der Waals surface area contributed by atoms with Crippen molar-refractivity contribution in [1.29, 1.82) is 0 Å². The number of nitrogens with one attached hydrogen (secondary N) is 1. The van der Waals surface area contributed by atoms with Gasteiger partial charge in [0.1, 0.15) is 6.04 Å². The van der Waals surface area contributed by atoms with Crippen LogP contribution in [0.4, 0.5) is 11.4 Å². The number of carbonyl (C=O) groups is 1. The number of anilines is 2. The fourth-order valence-electron chi connectivity index (χ4n) is 4.55. The summed E-state index contributed by atoms with van der Waals surface area (Å²) in [6.45, 7) is 8.74. The van der Waals surface area contributed by atoms with Crippen molar-refractivity contribution in [1.82, 2.24) is 8.87 Å². The molecule has 0 bridgehead atoms. The zero-order valence-corrected chi connectivity index (χ0v) is 20.5. The molecule has 7 nitrogen and oxygen atoms in total. The van der Waals surface area contributed by atoms with Crippen LogP contribution in [0.1, 0.15) is 48.9 Å². The number of amides is 1. The van der Waals surface area contributed by atoms with E-state index in [9.17, 15) is 13.2 Å². The van der Waals surface area contributed by atoms with Gasteiger partial charge in [-0.15, -0.1) is 0 Å². The number of sulfonamides is 1. The van der Waals surface area contributed by atoms with Crippen LogP contribution in [0.25, 0.3) is 10.9 Å². The molecule has 1 aliphatic rings. The van der Waals surface area contributed by atoms with E-state index in [4.69, 9.17) is 5.73 Å². The van der Waals surface area contributed by atoms with E-state index in [1.807, 2.05) is 50.6 Å². The zero-order chi connectivity index (χ0) is 23.9. The Morgan fingerprint density at radius 2 is 1.73 bits per heavy atom. The number of hydrogen-bond donors (Lipinski definition) is 2. The molecule has 33 heavy (non-hydrogen) atoms. The maximum Gasteiger partial charge on any atom is 0.247 e. The van der Waals surface area contributed by atoms with Gasteiger partial charge in [-0.3, -0.25) is 4.79 Å². The minimum atomic E-state index is -3.52. The van der Waals surface area contributed by atoms with Crippen molar-refractivity contribution >= 4 is 38.2 Å². The van der Waals surface area contributed by atoms with Crippen LogP contribution in [0.5, 0.6) is 0 Å². The highest BCUT2D eigenvalue weighted by Crippen LogP contribution is 2.31. The standard InChI is InChI=1S/C25H32N4O3S/c1-16-8-10-22(26)18(3)24(16)27-25(30)19(4)29-15-17(2)21-14-20(9-11-23(21)29)33(31,32)28-12-6-5-7-13-28/h8-11,14-15,19H,5-7,12-13,26H2,1-4H3,(H,27,30). The van der Waals surface area contributed by atoms with Gasteiger partial charge >= 0.3 is 0 Å². The number of aromatic nitrogens is 1. The molecule has 0 radical (unpaired) electrons. The second-order valence-corrected chi connectivity index (χ2v) is 10.9. The summed E-state index contributed by atoms with van der Waals surface area (Å²) in [5, 5.41) is 3.86. The first-order chi connectivity index (χ1) is 15.6. The lowest BCUT2D eigenvalue weighted by atomic mass is 10.1. The van der Waals surface area contributed by atoms with E-state index >= 15 is 0 Å².